The first kappa shape index (κ1) is 12.3. The molecule has 2 aromatic rings. The average Bonchev–Trinajstić information content (AvgIpc) is 2.31. The topological polar surface area (TPSA) is 38.9 Å². The Balaban J connectivity index is 2.68. The number of benzene rings is 1. The van der Waals surface area contributed by atoms with Gasteiger partial charge in [0.2, 0.25) is 0 Å². The van der Waals surface area contributed by atoms with Crippen LogP contribution in [0.15, 0.2) is 36.7 Å². The van der Waals surface area contributed by atoms with E-state index in [-0.39, 0.29) is 16.8 Å². The molecule has 2 N–H and O–H groups in total. The van der Waals surface area contributed by atoms with E-state index in [2.05, 4.69) is 4.98 Å². The van der Waals surface area contributed by atoms with Crippen LogP contribution in [0.1, 0.15) is 5.56 Å². The summed E-state index contributed by atoms with van der Waals surface area (Å²) in [6.45, 7) is 0. The predicted molar refractivity (Wildman–Crippen MR) is 59.0 cm³/mol. The van der Waals surface area contributed by atoms with Crippen molar-refractivity contribution in [3.8, 4) is 11.1 Å². The Kier molecular flexibility index (Phi) is 2.94. The maximum Gasteiger partial charge on any atom is 0.417 e. The van der Waals surface area contributed by atoms with Gasteiger partial charge in [0.05, 0.1) is 5.56 Å². The van der Waals surface area contributed by atoms with Crippen molar-refractivity contribution in [2.45, 2.75) is 6.18 Å². The van der Waals surface area contributed by atoms with Crippen molar-refractivity contribution in [1.29, 1.82) is 0 Å². The van der Waals surface area contributed by atoms with Gasteiger partial charge in [-0.15, -0.1) is 0 Å². The summed E-state index contributed by atoms with van der Waals surface area (Å²) in [5.41, 5.74) is 4.16. The van der Waals surface area contributed by atoms with Crippen molar-refractivity contribution >= 4 is 5.69 Å². The molecular weight excluding hydrogens is 248 g/mol. The Morgan fingerprint density at radius 1 is 1.06 bits per heavy atom. The third-order valence-corrected chi connectivity index (χ3v) is 2.41. The molecule has 0 aliphatic heterocycles. The molecule has 18 heavy (non-hydrogen) atoms. The van der Waals surface area contributed by atoms with Crippen LogP contribution in [0, 0.1) is 5.82 Å². The minimum absolute atomic E-state index is 0.184. The molecule has 0 amide bonds. The van der Waals surface area contributed by atoms with E-state index in [4.69, 9.17) is 5.73 Å². The molecule has 1 aromatic carbocycles. The Morgan fingerprint density at radius 3 is 2.44 bits per heavy atom. The summed E-state index contributed by atoms with van der Waals surface area (Å²) in [5.74, 6) is -0.775. The SMILES string of the molecule is Nc1ccc(F)c(-c2cnccc2C(F)(F)F)c1. The molecule has 94 valence electrons. The number of aromatic nitrogens is 1. The molecule has 0 saturated carbocycles. The number of anilines is 1. The highest BCUT2D eigenvalue weighted by atomic mass is 19.4. The molecule has 2 rings (SSSR count). The number of hydrogen-bond donors (Lipinski definition) is 1. The lowest BCUT2D eigenvalue weighted by molar-refractivity contribution is -0.137. The fraction of sp³-hybridized carbons (Fsp3) is 0.0833. The first-order valence-corrected chi connectivity index (χ1v) is 4.96. The van der Waals surface area contributed by atoms with Gasteiger partial charge in [-0.25, -0.2) is 4.39 Å². The summed E-state index contributed by atoms with van der Waals surface area (Å²) in [4.78, 5) is 3.60. The van der Waals surface area contributed by atoms with E-state index >= 15 is 0 Å². The van der Waals surface area contributed by atoms with E-state index in [1.54, 1.807) is 0 Å². The lowest BCUT2D eigenvalue weighted by atomic mass is 10.0. The molecule has 0 atom stereocenters. The third-order valence-electron chi connectivity index (χ3n) is 2.41. The average molecular weight is 256 g/mol. The van der Waals surface area contributed by atoms with Crippen molar-refractivity contribution in [2.24, 2.45) is 0 Å². The van der Waals surface area contributed by atoms with Crippen LogP contribution in [0.4, 0.5) is 23.2 Å². The molecule has 0 saturated heterocycles. The third kappa shape index (κ3) is 2.27. The zero-order valence-electron chi connectivity index (χ0n) is 9.00. The summed E-state index contributed by atoms with van der Waals surface area (Å²) in [5, 5.41) is 0. The van der Waals surface area contributed by atoms with Gasteiger partial charge in [-0.05, 0) is 24.3 Å². The summed E-state index contributed by atoms with van der Waals surface area (Å²) in [6, 6.07) is 4.26. The Bertz CT molecular complexity index is 579. The van der Waals surface area contributed by atoms with Gasteiger partial charge in [-0.2, -0.15) is 13.2 Å². The minimum atomic E-state index is -4.57. The quantitative estimate of drug-likeness (QED) is 0.626. The molecular formula is C12H8F4N2. The number of rotatable bonds is 1. The van der Waals surface area contributed by atoms with Gasteiger partial charge in [0, 0.05) is 29.2 Å². The van der Waals surface area contributed by atoms with Gasteiger partial charge in [-0.1, -0.05) is 0 Å². The van der Waals surface area contributed by atoms with E-state index in [1.807, 2.05) is 0 Å². The van der Waals surface area contributed by atoms with Gasteiger partial charge in [-0.3, -0.25) is 4.98 Å². The molecule has 2 nitrogen and oxygen atoms in total. The van der Waals surface area contributed by atoms with Crippen LogP contribution in [0.2, 0.25) is 0 Å². The second-order valence-corrected chi connectivity index (χ2v) is 3.66. The molecule has 1 aromatic heterocycles. The van der Waals surface area contributed by atoms with Crippen LogP contribution in [0.5, 0.6) is 0 Å². The van der Waals surface area contributed by atoms with Gasteiger partial charge >= 0.3 is 6.18 Å². The number of hydrogen-bond acceptors (Lipinski definition) is 2. The van der Waals surface area contributed by atoms with Crippen LogP contribution in [0.3, 0.4) is 0 Å². The van der Waals surface area contributed by atoms with E-state index < -0.39 is 17.6 Å². The highest BCUT2D eigenvalue weighted by molar-refractivity contribution is 5.70. The molecule has 0 aliphatic carbocycles. The van der Waals surface area contributed by atoms with Gasteiger partial charge in [0.15, 0.2) is 0 Å². The highest BCUT2D eigenvalue weighted by Gasteiger charge is 2.34. The molecule has 0 spiro atoms. The van der Waals surface area contributed by atoms with Crippen molar-refractivity contribution in [3.05, 3.63) is 48.0 Å². The van der Waals surface area contributed by atoms with Crippen molar-refractivity contribution in [2.75, 3.05) is 5.73 Å². The van der Waals surface area contributed by atoms with Crippen molar-refractivity contribution in [3.63, 3.8) is 0 Å². The molecule has 0 fully saturated rings. The van der Waals surface area contributed by atoms with Gasteiger partial charge in [0.25, 0.3) is 0 Å². The number of pyridine rings is 1. The Labute approximate surface area is 100 Å². The van der Waals surface area contributed by atoms with Crippen LogP contribution < -0.4 is 5.73 Å². The number of nitrogen functional groups attached to an aromatic ring is 1. The second-order valence-electron chi connectivity index (χ2n) is 3.66. The highest BCUT2D eigenvalue weighted by Crippen LogP contribution is 2.37. The fourth-order valence-corrected chi connectivity index (χ4v) is 1.61. The Hall–Kier alpha value is -2.11. The molecule has 1 heterocycles. The number of alkyl halides is 3. The standard InChI is InChI=1S/C12H8F4N2/c13-11-2-1-7(17)5-8(11)9-6-18-4-3-10(9)12(14,15)16/h1-6H,17H2. The second kappa shape index (κ2) is 4.29. The van der Waals surface area contributed by atoms with Crippen LogP contribution >= 0.6 is 0 Å². The fourth-order valence-electron chi connectivity index (χ4n) is 1.61. The van der Waals surface area contributed by atoms with Crippen molar-refractivity contribution in [1.82, 2.24) is 4.98 Å². The van der Waals surface area contributed by atoms with E-state index in [0.717, 1.165) is 30.6 Å². The van der Waals surface area contributed by atoms with Crippen LogP contribution in [0.25, 0.3) is 11.1 Å². The summed E-state index contributed by atoms with van der Waals surface area (Å²) < 4.78 is 51.9. The zero-order chi connectivity index (χ0) is 13.3. The lowest BCUT2D eigenvalue weighted by Crippen LogP contribution is -2.08. The smallest absolute Gasteiger partial charge is 0.399 e. The van der Waals surface area contributed by atoms with Crippen LogP contribution in [-0.4, -0.2) is 4.98 Å². The van der Waals surface area contributed by atoms with E-state index in [0.29, 0.717) is 0 Å². The maximum atomic E-state index is 13.6. The van der Waals surface area contributed by atoms with Crippen molar-refractivity contribution < 1.29 is 17.6 Å². The van der Waals surface area contributed by atoms with Crippen LogP contribution in [-0.2, 0) is 6.18 Å². The monoisotopic (exact) mass is 256 g/mol. The molecule has 0 bridgehead atoms. The first-order chi connectivity index (χ1) is 8.39. The normalized spacial score (nSPS) is 11.6. The van der Waals surface area contributed by atoms with E-state index in [9.17, 15) is 17.6 Å². The number of nitrogens with zero attached hydrogens (tertiary/aromatic N) is 1. The lowest BCUT2D eigenvalue weighted by Gasteiger charge is -2.13. The largest absolute Gasteiger partial charge is 0.417 e. The molecule has 0 aliphatic rings. The molecule has 6 heteroatoms. The molecule has 0 unspecified atom stereocenters. The zero-order valence-corrected chi connectivity index (χ0v) is 9.00. The maximum absolute atomic E-state index is 13.6. The minimum Gasteiger partial charge on any atom is -0.399 e. The Morgan fingerprint density at radius 2 is 1.78 bits per heavy atom. The predicted octanol–water partition coefficient (Wildman–Crippen LogP) is 3.49. The number of halogens is 4. The van der Waals surface area contributed by atoms with E-state index in [1.165, 1.54) is 6.07 Å². The summed E-state index contributed by atoms with van der Waals surface area (Å²) >= 11 is 0. The summed E-state index contributed by atoms with van der Waals surface area (Å²) in [6.07, 6.45) is -2.59. The van der Waals surface area contributed by atoms with Gasteiger partial charge < -0.3 is 5.73 Å². The summed E-state index contributed by atoms with van der Waals surface area (Å²) in [7, 11) is 0. The number of nitrogens with two attached hydrogens (primary N) is 1. The van der Waals surface area contributed by atoms with Gasteiger partial charge in [0.1, 0.15) is 5.82 Å². The first-order valence-electron chi connectivity index (χ1n) is 4.96. The molecule has 0 radical (unpaired) electrons.